The highest BCUT2D eigenvalue weighted by atomic mass is 35.5. The molecule has 2 amide bonds. The number of ether oxygens (including phenoxy) is 1. The first-order chi connectivity index (χ1) is 14.4. The molecule has 1 fully saturated rings. The third-order valence-electron chi connectivity index (χ3n) is 5.28. The summed E-state index contributed by atoms with van der Waals surface area (Å²) in [7, 11) is 0. The first-order valence-electron chi connectivity index (χ1n) is 9.94. The van der Waals surface area contributed by atoms with E-state index in [-0.39, 0.29) is 24.6 Å². The topological polar surface area (TPSA) is 82.4 Å². The Hall–Kier alpha value is -3.04. The SMILES string of the molecule is CC1CCCC(C)N1C(=O)c1cc(Cl)ccc1NC(=O)COc1ccccc1C#N. The lowest BCUT2D eigenvalue weighted by atomic mass is 9.96. The molecule has 1 heterocycles. The van der Waals surface area contributed by atoms with Gasteiger partial charge in [-0.2, -0.15) is 5.26 Å². The summed E-state index contributed by atoms with van der Waals surface area (Å²) in [4.78, 5) is 27.6. The molecule has 0 bridgehead atoms. The average molecular weight is 426 g/mol. The zero-order valence-electron chi connectivity index (χ0n) is 17.0. The molecule has 1 N–H and O–H groups in total. The molecular formula is C23H24ClN3O3. The number of hydrogen-bond donors (Lipinski definition) is 1. The second-order valence-corrected chi connectivity index (χ2v) is 7.91. The van der Waals surface area contributed by atoms with E-state index in [1.165, 1.54) is 0 Å². The molecule has 30 heavy (non-hydrogen) atoms. The standard InChI is InChI=1S/C23H24ClN3O3/c1-15-6-5-7-16(2)27(15)23(29)19-12-18(24)10-11-20(19)26-22(28)14-30-21-9-4-3-8-17(21)13-25/h3-4,8-12,15-16H,5-7,14H2,1-2H3,(H,26,28). The Morgan fingerprint density at radius 1 is 1.20 bits per heavy atom. The predicted octanol–water partition coefficient (Wildman–Crippen LogP) is 4.63. The highest BCUT2D eigenvalue weighted by molar-refractivity contribution is 6.31. The van der Waals surface area contributed by atoms with E-state index < -0.39 is 5.91 Å². The van der Waals surface area contributed by atoms with Crippen molar-refractivity contribution in [2.45, 2.75) is 45.2 Å². The van der Waals surface area contributed by atoms with Crippen LogP contribution in [0.4, 0.5) is 5.69 Å². The molecule has 0 radical (unpaired) electrons. The van der Waals surface area contributed by atoms with Gasteiger partial charge < -0.3 is 15.0 Å². The fourth-order valence-electron chi connectivity index (χ4n) is 3.78. The van der Waals surface area contributed by atoms with Gasteiger partial charge in [-0.3, -0.25) is 9.59 Å². The number of carbonyl (C=O) groups excluding carboxylic acids is 2. The van der Waals surface area contributed by atoms with Crippen LogP contribution < -0.4 is 10.1 Å². The Morgan fingerprint density at radius 3 is 2.60 bits per heavy atom. The van der Waals surface area contributed by atoms with Crippen molar-refractivity contribution in [3.8, 4) is 11.8 Å². The zero-order valence-corrected chi connectivity index (χ0v) is 17.8. The zero-order chi connectivity index (χ0) is 21.7. The van der Waals surface area contributed by atoms with Crippen molar-refractivity contribution < 1.29 is 14.3 Å². The second kappa shape index (κ2) is 9.64. The van der Waals surface area contributed by atoms with E-state index in [0.29, 0.717) is 27.6 Å². The van der Waals surface area contributed by atoms with Gasteiger partial charge in [0.2, 0.25) is 0 Å². The minimum Gasteiger partial charge on any atom is -0.482 e. The Bertz CT molecular complexity index is 976. The highest BCUT2D eigenvalue weighted by Crippen LogP contribution is 2.29. The largest absolute Gasteiger partial charge is 0.482 e. The Kier molecular flexibility index (Phi) is 6.96. The van der Waals surface area contributed by atoms with Gasteiger partial charge in [-0.1, -0.05) is 23.7 Å². The molecule has 1 saturated heterocycles. The van der Waals surface area contributed by atoms with E-state index in [0.717, 1.165) is 19.3 Å². The van der Waals surface area contributed by atoms with E-state index in [4.69, 9.17) is 21.6 Å². The van der Waals surface area contributed by atoms with Crippen molar-refractivity contribution in [1.82, 2.24) is 4.90 Å². The first-order valence-corrected chi connectivity index (χ1v) is 10.3. The number of anilines is 1. The number of halogens is 1. The normalized spacial score (nSPS) is 18.4. The fourth-order valence-corrected chi connectivity index (χ4v) is 3.95. The van der Waals surface area contributed by atoms with Crippen LogP contribution in [0.15, 0.2) is 42.5 Å². The third-order valence-corrected chi connectivity index (χ3v) is 5.52. The number of nitrogens with zero attached hydrogens (tertiary/aromatic N) is 2. The lowest BCUT2D eigenvalue weighted by Gasteiger charge is -2.39. The molecule has 0 aromatic heterocycles. The van der Waals surface area contributed by atoms with Crippen molar-refractivity contribution >= 4 is 29.1 Å². The molecule has 156 valence electrons. The molecule has 6 nitrogen and oxygen atoms in total. The summed E-state index contributed by atoms with van der Waals surface area (Å²) in [6, 6.07) is 13.8. The average Bonchev–Trinajstić information content (AvgIpc) is 2.73. The molecule has 2 unspecified atom stereocenters. The van der Waals surface area contributed by atoms with Crippen LogP contribution in [0.5, 0.6) is 5.75 Å². The van der Waals surface area contributed by atoms with E-state index in [1.54, 1.807) is 42.5 Å². The molecule has 1 aliphatic rings. The van der Waals surface area contributed by atoms with Crippen molar-refractivity contribution in [2.24, 2.45) is 0 Å². The van der Waals surface area contributed by atoms with E-state index in [1.807, 2.05) is 24.8 Å². The number of rotatable bonds is 5. The number of para-hydroxylation sites is 1. The van der Waals surface area contributed by atoms with Crippen LogP contribution in [-0.4, -0.2) is 35.4 Å². The van der Waals surface area contributed by atoms with Crippen molar-refractivity contribution in [3.05, 3.63) is 58.6 Å². The summed E-state index contributed by atoms with van der Waals surface area (Å²) in [6.07, 6.45) is 2.99. The summed E-state index contributed by atoms with van der Waals surface area (Å²) in [6.45, 7) is 3.79. The molecule has 2 atom stereocenters. The molecule has 0 aliphatic carbocycles. The molecule has 2 aromatic rings. The third kappa shape index (κ3) is 4.92. The lowest BCUT2D eigenvalue weighted by Crippen LogP contribution is -2.47. The van der Waals surface area contributed by atoms with Gasteiger partial charge >= 0.3 is 0 Å². The Morgan fingerprint density at radius 2 is 1.90 bits per heavy atom. The molecule has 1 aliphatic heterocycles. The van der Waals surface area contributed by atoms with Gasteiger partial charge in [-0.15, -0.1) is 0 Å². The minimum absolute atomic E-state index is 0.120. The first kappa shape index (κ1) is 21.7. The van der Waals surface area contributed by atoms with Gasteiger partial charge in [0.25, 0.3) is 11.8 Å². The molecule has 0 spiro atoms. The number of hydrogen-bond acceptors (Lipinski definition) is 4. The fraction of sp³-hybridized carbons (Fsp3) is 0.348. The van der Waals surface area contributed by atoms with Crippen LogP contribution in [-0.2, 0) is 4.79 Å². The van der Waals surface area contributed by atoms with Crippen LogP contribution >= 0.6 is 11.6 Å². The van der Waals surface area contributed by atoms with Crippen LogP contribution in [0.1, 0.15) is 49.0 Å². The number of likely N-dealkylation sites (tertiary alicyclic amines) is 1. The quantitative estimate of drug-likeness (QED) is 0.756. The number of piperidine rings is 1. The number of nitriles is 1. The van der Waals surface area contributed by atoms with Gasteiger partial charge in [-0.25, -0.2) is 0 Å². The molecule has 2 aromatic carbocycles. The number of benzene rings is 2. The summed E-state index contributed by atoms with van der Waals surface area (Å²) in [5, 5.41) is 12.3. The minimum atomic E-state index is -0.432. The van der Waals surface area contributed by atoms with Gasteiger partial charge in [0.15, 0.2) is 6.61 Å². The van der Waals surface area contributed by atoms with E-state index in [2.05, 4.69) is 5.32 Å². The Balaban J connectivity index is 1.76. The Labute approximate surface area is 181 Å². The molecule has 7 heteroatoms. The molecule has 3 rings (SSSR count). The van der Waals surface area contributed by atoms with Gasteiger partial charge in [-0.05, 0) is 63.4 Å². The van der Waals surface area contributed by atoms with Crippen molar-refractivity contribution in [2.75, 3.05) is 11.9 Å². The summed E-state index contributed by atoms with van der Waals surface area (Å²) in [5.74, 6) is -0.249. The maximum absolute atomic E-state index is 13.3. The van der Waals surface area contributed by atoms with E-state index >= 15 is 0 Å². The summed E-state index contributed by atoms with van der Waals surface area (Å²) >= 11 is 6.14. The highest BCUT2D eigenvalue weighted by Gasteiger charge is 2.31. The van der Waals surface area contributed by atoms with E-state index in [9.17, 15) is 9.59 Å². The van der Waals surface area contributed by atoms with Crippen LogP contribution in [0, 0.1) is 11.3 Å². The van der Waals surface area contributed by atoms with Gasteiger partial charge in [0.05, 0.1) is 16.8 Å². The van der Waals surface area contributed by atoms with Crippen LogP contribution in [0.25, 0.3) is 0 Å². The lowest BCUT2D eigenvalue weighted by molar-refractivity contribution is -0.118. The van der Waals surface area contributed by atoms with Crippen molar-refractivity contribution in [1.29, 1.82) is 5.26 Å². The summed E-state index contributed by atoms with van der Waals surface area (Å²) < 4.78 is 5.48. The smallest absolute Gasteiger partial charge is 0.262 e. The monoisotopic (exact) mass is 425 g/mol. The summed E-state index contributed by atoms with van der Waals surface area (Å²) in [5.41, 5.74) is 1.09. The van der Waals surface area contributed by atoms with Gasteiger partial charge in [0, 0.05) is 17.1 Å². The maximum Gasteiger partial charge on any atom is 0.262 e. The maximum atomic E-state index is 13.3. The van der Waals surface area contributed by atoms with Crippen LogP contribution in [0.3, 0.4) is 0 Å². The van der Waals surface area contributed by atoms with Crippen molar-refractivity contribution in [3.63, 3.8) is 0 Å². The van der Waals surface area contributed by atoms with Gasteiger partial charge in [0.1, 0.15) is 11.8 Å². The number of nitrogens with one attached hydrogen (secondary N) is 1. The molecule has 0 saturated carbocycles. The second-order valence-electron chi connectivity index (χ2n) is 7.48. The van der Waals surface area contributed by atoms with Crippen LogP contribution in [0.2, 0.25) is 5.02 Å². The predicted molar refractivity (Wildman–Crippen MR) is 116 cm³/mol. The number of amides is 2. The number of carbonyl (C=O) groups is 2. The molecular weight excluding hydrogens is 402 g/mol.